The van der Waals surface area contributed by atoms with Gasteiger partial charge in [-0.2, -0.15) is 13.2 Å². The number of nitrogens with one attached hydrogen (secondary N) is 1. The van der Waals surface area contributed by atoms with E-state index in [-0.39, 0.29) is 55.9 Å². The van der Waals surface area contributed by atoms with Crippen LogP contribution in [0.3, 0.4) is 0 Å². The maximum absolute atomic E-state index is 14.4. The van der Waals surface area contributed by atoms with Crippen LogP contribution < -0.4 is 5.32 Å². The summed E-state index contributed by atoms with van der Waals surface area (Å²) in [6, 6.07) is 12.9. The summed E-state index contributed by atoms with van der Waals surface area (Å²) < 4.78 is 75.6. The summed E-state index contributed by atoms with van der Waals surface area (Å²) >= 11 is 0. The number of amides is 2. The zero-order valence-corrected chi connectivity index (χ0v) is 19.7. The number of methoxy groups -OCH3 is 1. The Morgan fingerprint density at radius 1 is 1.06 bits per heavy atom. The van der Waals surface area contributed by atoms with Gasteiger partial charge in [0.1, 0.15) is 0 Å². The number of likely N-dealkylation sites (tertiary alicyclic amines) is 1. The number of hydrogen-bond donors (Lipinski definition) is 1. The molecule has 5 nitrogen and oxygen atoms in total. The lowest BCUT2D eigenvalue weighted by Crippen LogP contribution is -2.60. The first-order valence-corrected chi connectivity index (χ1v) is 11.7. The number of piperidine rings is 2. The van der Waals surface area contributed by atoms with Crippen molar-refractivity contribution in [3.8, 4) is 0 Å². The number of rotatable bonds is 5. The highest BCUT2D eigenvalue weighted by atomic mass is 19.4. The lowest BCUT2D eigenvalue weighted by Gasteiger charge is -2.50. The van der Waals surface area contributed by atoms with Crippen molar-refractivity contribution in [2.75, 3.05) is 26.7 Å². The first-order valence-electron chi connectivity index (χ1n) is 11.7. The number of nitrogens with zero attached hydrogens (tertiary/aromatic N) is 1. The number of benzene rings is 2. The van der Waals surface area contributed by atoms with Crippen molar-refractivity contribution in [3.05, 3.63) is 71.3 Å². The SMILES string of the molecule is CO[C@@](C(=O)N1CCC2(CC1)CC(=O)NC[C@H]2c1ccccc1C(F)F)(c1ccccc1)C(F)(F)F. The van der Waals surface area contributed by atoms with E-state index in [4.69, 9.17) is 4.74 Å². The molecule has 2 aliphatic heterocycles. The normalized spacial score (nSPS) is 21.8. The maximum Gasteiger partial charge on any atom is 0.430 e. The summed E-state index contributed by atoms with van der Waals surface area (Å²) in [5.74, 6) is -1.93. The molecule has 0 radical (unpaired) electrons. The Labute approximate surface area is 205 Å². The fraction of sp³-hybridized carbons (Fsp3) is 0.462. The highest BCUT2D eigenvalue weighted by Gasteiger charge is 2.64. The number of carbonyl (C=O) groups excluding carboxylic acids is 2. The minimum atomic E-state index is -5.03. The first-order chi connectivity index (χ1) is 17.1. The molecule has 2 saturated heterocycles. The predicted octanol–water partition coefficient (Wildman–Crippen LogP) is 4.94. The van der Waals surface area contributed by atoms with Crippen LogP contribution in [-0.2, 0) is 19.9 Å². The van der Waals surface area contributed by atoms with Gasteiger partial charge in [-0.25, -0.2) is 8.78 Å². The molecule has 2 amide bonds. The average molecular weight is 511 g/mol. The Hall–Kier alpha value is -3.01. The summed E-state index contributed by atoms with van der Waals surface area (Å²) in [5.41, 5.74) is -3.98. The molecule has 0 aliphatic carbocycles. The monoisotopic (exact) mass is 510 g/mol. The predicted molar refractivity (Wildman–Crippen MR) is 121 cm³/mol. The van der Waals surface area contributed by atoms with E-state index in [1.165, 1.54) is 36.4 Å². The molecule has 194 valence electrons. The second kappa shape index (κ2) is 9.80. The van der Waals surface area contributed by atoms with Crippen LogP contribution >= 0.6 is 0 Å². The third-order valence-electron chi connectivity index (χ3n) is 7.60. The summed E-state index contributed by atoms with van der Waals surface area (Å²) in [7, 11) is 0.854. The van der Waals surface area contributed by atoms with Gasteiger partial charge >= 0.3 is 6.18 Å². The van der Waals surface area contributed by atoms with Crippen LogP contribution in [0.25, 0.3) is 0 Å². The third kappa shape index (κ3) is 4.36. The standard InChI is InChI=1S/C26H27F5N2O3/c1-36-25(26(29,30)31,17-7-3-2-4-8-17)23(35)33-13-11-24(12-14-33)15-21(34)32-16-20(24)18-9-5-6-10-19(18)22(27)28/h2-10,20,22H,11-16H2,1H3,(H,32,34)/t20-,25+/m0/s1. The van der Waals surface area contributed by atoms with Crippen molar-refractivity contribution in [2.24, 2.45) is 5.41 Å². The van der Waals surface area contributed by atoms with Crippen molar-refractivity contribution in [2.45, 2.75) is 43.4 Å². The molecule has 0 bridgehead atoms. The molecule has 1 N–H and O–H groups in total. The van der Waals surface area contributed by atoms with Gasteiger partial charge in [-0.1, -0.05) is 54.6 Å². The molecule has 10 heteroatoms. The van der Waals surface area contributed by atoms with Gasteiger partial charge in [-0.05, 0) is 23.8 Å². The van der Waals surface area contributed by atoms with Crippen LogP contribution in [0, 0.1) is 5.41 Å². The van der Waals surface area contributed by atoms with Gasteiger partial charge < -0.3 is 15.0 Å². The maximum atomic E-state index is 14.4. The van der Waals surface area contributed by atoms with Gasteiger partial charge in [0.2, 0.25) is 5.91 Å². The molecule has 0 saturated carbocycles. The van der Waals surface area contributed by atoms with Gasteiger partial charge in [0.05, 0.1) is 0 Å². The van der Waals surface area contributed by atoms with E-state index in [1.807, 2.05) is 0 Å². The molecule has 2 aliphatic rings. The summed E-state index contributed by atoms with van der Waals surface area (Å²) in [6.45, 7) is 0.0199. The van der Waals surface area contributed by atoms with Crippen LogP contribution in [0.5, 0.6) is 0 Å². The fourth-order valence-electron chi connectivity index (χ4n) is 5.71. The second-order valence-electron chi connectivity index (χ2n) is 9.37. The van der Waals surface area contributed by atoms with E-state index in [9.17, 15) is 31.5 Å². The Balaban J connectivity index is 1.65. The number of halogens is 5. The number of ether oxygens (including phenoxy) is 1. The molecule has 2 aromatic rings. The van der Waals surface area contributed by atoms with Gasteiger partial charge in [-0.3, -0.25) is 9.59 Å². The van der Waals surface area contributed by atoms with Gasteiger partial charge in [-0.15, -0.1) is 0 Å². The first kappa shape index (κ1) is 26.1. The molecule has 4 rings (SSSR count). The highest BCUT2D eigenvalue weighted by Crippen LogP contribution is 2.51. The molecule has 2 atom stereocenters. The van der Waals surface area contributed by atoms with Crippen LogP contribution in [-0.4, -0.2) is 49.6 Å². The Bertz CT molecular complexity index is 1100. The molecular weight excluding hydrogens is 483 g/mol. The van der Waals surface area contributed by atoms with Crippen molar-refractivity contribution >= 4 is 11.8 Å². The van der Waals surface area contributed by atoms with Crippen molar-refractivity contribution in [1.82, 2.24) is 10.2 Å². The number of alkyl halides is 5. The summed E-state index contributed by atoms with van der Waals surface area (Å²) in [6.07, 6.45) is -7.30. The van der Waals surface area contributed by atoms with Crippen molar-refractivity contribution < 1.29 is 36.3 Å². The molecule has 2 heterocycles. The third-order valence-corrected chi connectivity index (χ3v) is 7.60. The van der Waals surface area contributed by atoms with Gasteiger partial charge in [0.25, 0.3) is 17.9 Å². The Kier molecular flexibility index (Phi) is 7.10. The van der Waals surface area contributed by atoms with Crippen LogP contribution in [0.15, 0.2) is 54.6 Å². The highest BCUT2D eigenvalue weighted by molar-refractivity contribution is 5.88. The van der Waals surface area contributed by atoms with Crippen molar-refractivity contribution in [1.29, 1.82) is 0 Å². The topological polar surface area (TPSA) is 58.6 Å². The summed E-state index contributed by atoms with van der Waals surface area (Å²) in [4.78, 5) is 26.9. The van der Waals surface area contributed by atoms with E-state index < -0.39 is 35.4 Å². The average Bonchev–Trinajstić information content (AvgIpc) is 2.85. The quantitative estimate of drug-likeness (QED) is 0.580. The van der Waals surface area contributed by atoms with Crippen LogP contribution in [0.4, 0.5) is 22.0 Å². The second-order valence-corrected chi connectivity index (χ2v) is 9.37. The van der Waals surface area contributed by atoms with E-state index in [1.54, 1.807) is 18.2 Å². The van der Waals surface area contributed by atoms with Crippen molar-refractivity contribution in [3.63, 3.8) is 0 Å². The molecule has 0 unspecified atom stereocenters. The summed E-state index contributed by atoms with van der Waals surface area (Å²) in [5, 5.41) is 2.74. The van der Waals surface area contributed by atoms with E-state index >= 15 is 0 Å². The van der Waals surface area contributed by atoms with E-state index in [2.05, 4.69) is 5.32 Å². The molecule has 0 aromatic heterocycles. The molecule has 36 heavy (non-hydrogen) atoms. The minimum absolute atomic E-state index is 0.0463. The smallest absolute Gasteiger partial charge is 0.356 e. The number of hydrogen-bond acceptors (Lipinski definition) is 3. The molecule has 2 fully saturated rings. The molecular formula is C26H27F5N2O3. The van der Waals surface area contributed by atoms with Gasteiger partial charge in [0, 0.05) is 50.2 Å². The van der Waals surface area contributed by atoms with E-state index in [0.29, 0.717) is 5.56 Å². The van der Waals surface area contributed by atoms with E-state index in [0.717, 1.165) is 12.0 Å². The molecule has 2 aromatic carbocycles. The largest absolute Gasteiger partial charge is 0.430 e. The zero-order chi connectivity index (χ0) is 26.1. The Morgan fingerprint density at radius 2 is 1.67 bits per heavy atom. The lowest BCUT2D eigenvalue weighted by molar-refractivity contribution is -0.271. The fourth-order valence-corrected chi connectivity index (χ4v) is 5.71. The Morgan fingerprint density at radius 3 is 2.25 bits per heavy atom. The van der Waals surface area contributed by atoms with Crippen LogP contribution in [0.2, 0.25) is 0 Å². The minimum Gasteiger partial charge on any atom is -0.356 e. The lowest BCUT2D eigenvalue weighted by atomic mass is 9.62. The zero-order valence-electron chi connectivity index (χ0n) is 19.7. The van der Waals surface area contributed by atoms with Gasteiger partial charge in [0.15, 0.2) is 0 Å². The molecule has 1 spiro atoms. The number of carbonyl (C=O) groups is 2. The van der Waals surface area contributed by atoms with Crippen LogP contribution in [0.1, 0.15) is 48.3 Å².